The van der Waals surface area contributed by atoms with E-state index >= 15 is 0 Å². The van der Waals surface area contributed by atoms with Crippen molar-refractivity contribution in [2.45, 2.75) is 37.1 Å². The van der Waals surface area contributed by atoms with Gasteiger partial charge in [0.2, 0.25) is 11.8 Å². The van der Waals surface area contributed by atoms with Crippen LogP contribution in [0.25, 0.3) is 0 Å². The fourth-order valence-electron chi connectivity index (χ4n) is 4.09. The van der Waals surface area contributed by atoms with E-state index < -0.39 is 12.1 Å². The molecular weight excluding hydrogens is 436 g/mol. The lowest BCUT2D eigenvalue weighted by Gasteiger charge is -2.33. The van der Waals surface area contributed by atoms with Gasteiger partial charge in [-0.05, 0) is 30.0 Å². The average Bonchev–Trinajstić information content (AvgIpc) is 3.24. The van der Waals surface area contributed by atoms with Crippen LogP contribution in [0.4, 0.5) is 0 Å². The SMILES string of the molecule is O=C(CCc1ccccc1)NC(CSCc1ccccc1)C(=O)N1CCC=C2OCC(=O)C21. The van der Waals surface area contributed by atoms with Crippen molar-refractivity contribution in [3.63, 3.8) is 0 Å². The van der Waals surface area contributed by atoms with Crippen molar-refractivity contribution in [3.05, 3.63) is 83.6 Å². The van der Waals surface area contributed by atoms with Gasteiger partial charge in [0.15, 0.2) is 11.8 Å². The van der Waals surface area contributed by atoms with Crippen molar-refractivity contribution < 1.29 is 19.1 Å². The number of aryl methyl sites for hydroxylation is 1. The largest absolute Gasteiger partial charge is 0.488 e. The molecule has 2 heterocycles. The molecule has 2 aliphatic heterocycles. The second-order valence-corrected chi connectivity index (χ2v) is 9.22. The van der Waals surface area contributed by atoms with Crippen LogP contribution < -0.4 is 5.32 Å². The molecule has 2 amide bonds. The van der Waals surface area contributed by atoms with Crippen molar-refractivity contribution in [1.29, 1.82) is 0 Å². The molecule has 33 heavy (non-hydrogen) atoms. The minimum absolute atomic E-state index is 0.00284. The molecule has 2 aliphatic rings. The maximum atomic E-state index is 13.5. The first-order valence-electron chi connectivity index (χ1n) is 11.2. The predicted molar refractivity (Wildman–Crippen MR) is 128 cm³/mol. The highest BCUT2D eigenvalue weighted by Crippen LogP contribution is 2.26. The van der Waals surface area contributed by atoms with E-state index in [0.717, 1.165) is 16.9 Å². The molecule has 0 aliphatic carbocycles. The quantitative estimate of drug-likeness (QED) is 0.617. The lowest BCUT2D eigenvalue weighted by Crippen LogP contribution is -2.55. The Kier molecular flexibility index (Phi) is 7.83. The Morgan fingerprint density at radius 1 is 1.06 bits per heavy atom. The third-order valence-corrected chi connectivity index (χ3v) is 6.89. The Morgan fingerprint density at radius 3 is 2.48 bits per heavy atom. The summed E-state index contributed by atoms with van der Waals surface area (Å²) in [6, 6.07) is 18.5. The molecule has 0 bridgehead atoms. The van der Waals surface area contributed by atoms with Crippen LogP contribution in [0.2, 0.25) is 0 Å². The molecule has 2 aromatic carbocycles. The van der Waals surface area contributed by atoms with Crippen LogP contribution in [-0.4, -0.2) is 53.5 Å². The molecule has 172 valence electrons. The zero-order chi connectivity index (χ0) is 23.0. The average molecular weight is 465 g/mol. The van der Waals surface area contributed by atoms with Gasteiger partial charge in [-0.1, -0.05) is 60.7 Å². The Bertz CT molecular complexity index is 1010. The second kappa shape index (κ2) is 11.2. The molecule has 2 aromatic rings. The van der Waals surface area contributed by atoms with Crippen LogP contribution in [0, 0.1) is 0 Å². The molecular formula is C26H28N2O4S. The highest BCUT2D eigenvalue weighted by Gasteiger charge is 2.42. The number of ether oxygens (including phenoxy) is 1. The van der Waals surface area contributed by atoms with Gasteiger partial charge in [-0.15, -0.1) is 0 Å². The van der Waals surface area contributed by atoms with Gasteiger partial charge in [0.05, 0.1) is 0 Å². The van der Waals surface area contributed by atoms with Gasteiger partial charge in [0.1, 0.15) is 18.4 Å². The van der Waals surface area contributed by atoms with Crippen molar-refractivity contribution in [3.8, 4) is 0 Å². The van der Waals surface area contributed by atoms with Crippen LogP contribution in [0.15, 0.2) is 72.5 Å². The number of fused-ring (bicyclic) bond motifs is 1. The molecule has 1 saturated heterocycles. The van der Waals surface area contributed by atoms with Gasteiger partial charge < -0.3 is 15.0 Å². The number of amides is 2. The van der Waals surface area contributed by atoms with E-state index in [0.29, 0.717) is 37.3 Å². The van der Waals surface area contributed by atoms with Crippen LogP contribution in [0.1, 0.15) is 24.0 Å². The molecule has 1 fully saturated rings. The summed E-state index contributed by atoms with van der Waals surface area (Å²) in [7, 11) is 0. The predicted octanol–water partition coefficient (Wildman–Crippen LogP) is 3.12. The van der Waals surface area contributed by atoms with Gasteiger partial charge in [-0.25, -0.2) is 0 Å². The molecule has 6 nitrogen and oxygen atoms in total. The summed E-state index contributed by atoms with van der Waals surface area (Å²) in [6.45, 7) is 0.443. The molecule has 0 aromatic heterocycles. The monoisotopic (exact) mass is 464 g/mol. The van der Waals surface area contributed by atoms with Gasteiger partial charge in [0, 0.05) is 24.5 Å². The molecule has 0 radical (unpaired) electrons. The molecule has 4 rings (SSSR count). The number of benzene rings is 2. The third-order valence-electron chi connectivity index (χ3n) is 5.78. The van der Waals surface area contributed by atoms with E-state index in [1.54, 1.807) is 16.7 Å². The Hall–Kier alpha value is -3.06. The lowest BCUT2D eigenvalue weighted by molar-refractivity contribution is -0.140. The highest BCUT2D eigenvalue weighted by molar-refractivity contribution is 7.98. The molecule has 7 heteroatoms. The number of Topliss-reactive ketones (excluding diaryl/α,β-unsaturated/α-hetero) is 1. The number of thioether (sulfide) groups is 1. The number of hydrogen-bond acceptors (Lipinski definition) is 5. The Morgan fingerprint density at radius 2 is 1.76 bits per heavy atom. The van der Waals surface area contributed by atoms with Gasteiger partial charge >= 0.3 is 0 Å². The zero-order valence-electron chi connectivity index (χ0n) is 18.4. The minimum atomic E-state index is -0.699. The van der Waals surface area contributed by atoms with E-state index in [1.807, 2.05) is 66.7 Å². The van der Waals surface area contributed by atoms with Gasteiger partial charge in [0.25, 0.3) is 0 Å². The number of nitrogens with zero attached hydrogens (tertiary/aromatic N) is 1. The maximum absolute atomic E-state index is 13.5. The zero-order valence-corrected chi connectivity index (χ0v) is 19.3. The molecule has 2 unspecified atom stereocenters. The normalized spacial score (nSPS) is 18.2. The number of hydrogen-bond donors (Lipinski definition) is 1. The molecule has 0 spiro atoms. The number of rotatable bonds is 9. The summed E-state index contributed by atoms with van der Waals surface area (Å²) in [4.78, 5) is 40.2. The van der Waals surface area contributed by atoms with E-state index in [-0.39, 0.29) is 24.2 Å². The topological polar surface area (TPSA) is 75.7 Å². The second-order valence-electron chi connectivity index (χ2n) is 8.19. The van der Waals surface area contributed by atoms with Gasteiger partial charge in [-0.2, -0.15) is 11.8 Å². The summed E-state index contributed by atoms with van der Waals surface area (Å²) in [5, 5.41) is 2.94. The summed E-state index contributed by atoms with van der Waals surface area (Å²) in [5.41, 5.74) is 2.24. The highest BCUT2D eigenvalue weighted by atomic mass is 32.2. The van der Waals surface area contributed by atoms with E-state index in [1.165, 1.54) is 0 Å². The van der Waals surface area contributed by atoms with Crippen molar-refractivity contribution in [1.82, 2.24) is 10.2 Å². The minimum Gasteiger partial charge on any atom is -0.488 e. The first-order valence-corrected chi connectivity index (χ1v) is 12.4. The van der Waals surface area contributed by atoms with Crippen molar-refractivity contribution in [2.24, 2.45) is 0 Å². The molecule has 1 N–H and O–H groups in total. The molecule has 0 saturated carbocycles. The fourth-order valence-corrected chi connectivity index (χ4v) is 5.10. The Balaban J connectivity index is 1.42. The summed E-state index contributed by atoms with van der Waals surface area (Å²) < 4.78 is 5.46. The summed E-state index contributed by atoms with van der Waals surface area (Å²) in [6.07, 6.45) is 3.43. The van der Waals surface area contributed by atoms with Crippen LogP contribution in [-0.2, 0) is 31.3 Å². The number of ketones is 1. The van der Waals surface area contributed by atoms with Crippen molar-refractivity contribution in [2.75, 3.05) is 18.9 Å². The first kappa shape index (κ1) is 23.1. The van der Waals surface area contributed by atoms with Crippen LogP contribution in [0.5, 0.6) is 0 Å². The number of carbonyl (C=O) groups excluding carboxylic acids is 3. The van der Waals surface area contributed by atoms with Crippen LogP contribution >= 0.6 is 11.8 Å². The van der Waals surface area contributed by atoms with Crippen molar-refractivity contribution >= 4 is 29.4 Å². The first-order chi connectivity index (χ1) is 16.1. The smallest absolute Gasteiger partial charge is 0.247 e. The Labute approximate surface area is 198 Å². The third kappa shape index (κ3) is 6.05. The number of nitrogens with one attached hydrogen (secondary N) is 1. The van der Waals surface area contributed by atoms with E-state index in [2.05, 4.69) is 5.32 Å². The summed E-state index contributed by atoms with van der Waals surface area (Å²) in [5.74, 6) is 1.23. The lowest BCUT2D eigenvalue weighted by atomic mass is 10.0. The fraction of sp³-hybridized carbons (Fsp3) is 0.346. The van der Waals surface area contributed by atoms with E-state index in [4.69, 9.17) is 4.74 Å². The maximum Gasteiger partial charge on any atom is 0.247 e. The number of carbonyl (C=O) groups is 3. The van der Waals surface area contributed by atoms with Gasteiger partial charge in [-0.3, -0.25) is 14.4 Å². The van der Waals surface area contributed by atoms with E-state index in [9.17, 15) is 14.4 Å². The summed E-state index contributed by atoms with van der Waals surface area (Å²) >= 11 is 1.60. The van der Waals surface area contributed by atoms with Crippen LogP contribution in [0.3, 0.4) is 0 Å². The molecule has 2 atom stereocenters. The standard InChI is InChI=1S/C26H28N2O4S/c29-22-16-32-23-12-7-15-28(25(22)23)26(31)21(18-33-17-20-10-5-2-6-11-20)27-24(30)14-13-19-8-3-1-4-9-19/h1-6,8-12,21,25H,7,13-18H2,(H,27,30).